The van der Waals surface area contributed by atoms with Crippen LogP contribution in [0.1, 0.15) is 55.2 Å². The molecule has 0 aliphatic carbocycles. The number of carbonyl (C=O) groups excluding carboxylic acids is 3. The molecule has 2 atom stereocenters. The zero-order chi connectivity index (χ0) is 23.0. The number of aliphatic hydroxyl groups excluding tert-OH is 1. The number of benzene rings is 1. The second kappa shape index (κ2) is 8.84. The van der Waals surface area contributed by atoms with E-state index >= 15 is 0 Å². The minimum absolute atomic E-state index is 0.0190. The number of carbonyl (C=O) groups is 3. The fraction of sp³-hybridized carbons (Fsp3) is 0.391. The van der Waals surface area contributed by atoms with Crippen molar-refractivity contribution in [3.63, 3.8) is 0 Å². The fourth-order valence-electron chi connectivity index (χ4n) is 4.21. The van der Waals surface area contributed by atoms with Gasteiger partial charge < -0.3 is 19.5 Å². The Balaban J connectivity index is 1.76. The first kappa shape index (κ1) is 22.2. The number of hydrogen-bond acceptors (Lipinski definition) is 8. The molecule has 9 heteroatoms. The van der Waals surface area contributed by atoms with Crippen molar-refractivity contribution in [2.75, 3.05) is 20.3 Å². The first-order valence-electron chi connectivity index (χ1n) is 10.3. The number of ketones is 1. The average Bonchev–Trinajstić information content (AvgIpc) is 3.48. The second-order valence-electron chi connectivity index (χ2n) is 7.85. The number of nitrogens with zero attached hydrogens (tertiary/aromatic N) is 2. The first-order chi connectivity index (χ1) is 15.3. The van der Waals surface area contributed by atoms with Gasteiger partial charge in [-0.1, -0.05) is 12.1 Å². The molecule has 2 aliphatic rings. The van der Waals surface area contributed by atoms with E-state index in [1.54, 1.807) is 38.1 Å². The predicted octanol–water partition coefficient (Wildman–Crippen LogP) is 3.30. The van der Waals surface area contributed by atoms with Crippen molar-refractivity contribution in [1.29, 1.82) is 0 Å². The molecule has 0 saturated carbocycles. The molecular weight excluding hydrogens is 432 g/mol. The van der Waals surface area contributed by atoms with Crippen LogP contribution in [0.5, 0.6) is 0 Å². The zero-order valence-electron chi connectivity index (χ0n) is 18.1. The first-order valence-corrected chi connectivity index (χ1v) is 11.2. The maximum absolute atomic E-state index is 13.5. The minimum Gasteiger partial charge on any atom is -0.503 e. The van der Waals surface area contributed by atoms with E-state index in [2.05, 4.69) is 4.98 Å². The molecule has 1 amide bonds. The molecule has 0 bridgehead atoms. The van der Waals surface area contributed by atoms with Gasteiger partial charge in [-0.2, -0.15) is 0 Å². The van der Waals surface area contributed by atoms with Crippen LogP contribution in [0, 0.1) is 13.8 Å². The Bertz CT molecular complexity index is 1100. The predicted molar refractivity (Wildman–Crippen MR) is 117 cm³/mol. The number of aliphatic hydroxyl groups is 1. The summed E-state index contributed by atoms with van der Waals surface area (Å²) in [5.41, 5.74) is 1.53. The van der Waals surface area contributed by atoms with Crippen molar-refractivity contribution < 1.29 is 29.0 Å². The van der Waals surface area contributed by atoms with Crippen LogP contribution in [0.3, 0.4) is 0 Å². The van der Waals surface area contributed by atoms with Gasteiger partial charge in [-0.3, -0.25) is 9.59 Å². The Morgan fingerprint density at radius 3 is 2.56 bits per heavy atom. The van der Waals surface area contributed by atoms with E-state index in [-0.39, 0.29) is 18.2 Å². The van der Waals surface area contributed by atoms with Crippen LogP contribution in [0.4, 0.5) is 0 Å². The van der Waals surface area contributed by atoms with Gasteiger partial charge in [0, 0.05) is 13.2 Å². The molecule has 1 aromatic heterocycles. The number of rotatable bonds is 6. The third-order valence-electron chi connectivity index (χ3n) is 5.73. The average molecular weight is 457 g/mol. The van der Waals surface area contributed by atoms with Crippen molar-refractivity contribution in [2.45, 2.75) is 38.8 Å². The van der Waals surface area contributed by atoms with Crippen molar-refractivity contribution in [1.82, 2.24) is 9.88 Å². The van der Waals surface area contributed by atoms with E-state index in [1.165, 1.54) is 23.3 Å². The van der Waals surface area contributed by atoms with Crippen LogP contribution in [-0.2, 0) is 14.3 Å². The summed E-state index contributed by atoms with van der Waals surface area (Å²) >= 11 is 1.23. The number of methoxy groups -OCH3 is 1. The normalized spacial score (nSPS) is 20.8. The molecule has 32 heavy (non-hydrogen) atoms. The van der Waals surface area contributed by atoms with Crippen LogP contribution in [0.25, 0.3) is 0 Å². The Hall–Kier alpha value is -3.04. The number of Topliss-reactive ketones (excluding diaryl/α,β-unsaturated/α-hetero) is 1. The summed E-state index contributed by atoms with van der Waals surface area (Å²) in [5.74, 6) is -2.07. The van der Waals surface area contributed by atoms with Crippen LogP contribution < -0.4 is 0 Å². The van der Waals surface area contributed by atoms with Crippen molar-refractivity contribution in [3.8, 4) is 0 Å². The number of aryl methyl sites for hydroxylation is 2. The van der Waals surface area contributed by atoms with Gasteiger partial charge in [0.1, 0.15) is 0 Å². The van der Waals surface area contributed by atoms with Gasteiger partial charge in [0.05, 0.1) is 46.0 Å². The molecule has 1 aromatic carbocycles. The molecule has 168 valence electrons. The summed E-state index contributed by atoms with van der Waals surface area (Å²) in [6.45, 7) is 4.41. The van der Waals surface area contributed by atoms with E-state index in [4.69, 9.17) is 9.47 Å². The summed E-state index contributed by atoms with van der Waals surface area (Å²) in [7, 11) is 1.30. The Labute approximate surface area is 189 Å². The lowest BCUT2D eigenvalue weighted by molar-refractivity contribution is -0.131. The lowest BCUT2D eigenvalue weighted by Gasteiger charge is -2.29. The molecule has 0 spiro atoms. The van der Waals surface area contributed by atoms with Crippen molar-refractivity contribution in [2.24, 2.45) is 0 Å². The molecule has 4 rings (SSSR count). The smallest absolute Gasteiger partial charge is 0.337 e. The highest BCUT2D eigenvalue weighted by molar-refractivity contribution is 7.14. The van der Waals surface area contributed by atoms with E-state index < -0.39 is 29.5 Å². The Morgan fingerprint density at radius 1 is 1.28 bits per heavy atom. The molecule has 1 N–H and O–H groups in total. The molecule has 1 fully saturated rings. The quantitative estimate of drug-likeness (QED) is 0.525. The van der Waals surface area contributed by atoms with Gasteiger partial charge in [-0.15, -0.1) is 11.3 Å². The third kappa shape index (κ3) is 3.93. The van der Waals surface area contributed by atoms with Gasteiger partial charge in [0.15, 0.2) is 5.76 Å². The second-order valence-corrected chi connectivity index (χ2v) is 9.05. The number of amides is 1. The van der Waals surface area contributed by atoms with Crippen LogP contribution >= 0.6 is 11.3 Å². The number of hydrogen-bond donors (Lipinski definition) is 1. The van der Waals surface area contributed by atoms with Crippen LogP contribution in [0.2, 0.25) is 0 Å². The summed E-state index contributed by atoms with van der Waals surface area (Å²) in [6.07, 6.45) is 1.54. The van der Waals surface area contributed by atoms with Gasteiger partial charge in [0.2, 0.25) is 5.78 Å². The van der Waals surface area contributed by atoms with Crippen LogP contribution in [-0.4, -0.2) is 59.0 Å². The molecule has 2 unspecified atom stereocenters. The van der Waals surface area contributed by atoms with E-state index in [1.807, 2.05) is 0 Å². The number of ether oxygens (including phenoxy) is 2. The molecule has 2 aromatic rings. The third-order valence-corrected chi connectivity index (χ3v) is 6.80. The minimum atomic E-state index is -0.798. The topological polar surface area (TPSA) is 106 Å². The Kier molecular flexibility index (Phi) is 6.12. The zero-order valence-corrected chi connectivity index (χ0v) is 18.9. The van der Waals surface area contributed by atoms with Gasteiger partial charge in [-0.25, -0.2) is 9.78 Å². The van der Waals surface area contributed by atoms with Crippen molar-refractivity contribution in [3.05, 3.63) is 62.3 Å². The summed E-state index contributed by atoms with van der Waals surface area (Å²) in [5, 5.41) is 11.5. The lowest BCUT2D eigenvalue weighted by Crippen LogP contribution is -2.37. The van der Waals surface area contributed by atoms with Gasteiger partial charge in [-0.05, 0) is 44.4 Å². The standard InChI is InChI=1S/C23H24N2O6S/c1-12-21(32-13(2)24-12)19(26)17-18(14-6-8-15(9-7-14)23(29)30-3)25(22(28)20(17)27)11-16-5-4-10-31-16/h6-9,16,18,27H,4-5,10-11H2,1-3H3. The maximum atomic E-state index is 13.5. The summed E-state index contributed by atoms with van der Waals surface area (Å²) in [6, 6.07) is 5.70. The summed E-state index contributed by atoms with van der Waals surface area (Å²) < 4.78 is 10.5. The molecule has 8 nitrogen and oxygen atoms in total. The van der Waals surface area contributed by atoms with E-state index in [0.717, 1.165) is 17.8 Å². The monoisotopic (exact) mass is 456 g/mol. The number of thiazole rings is 1. The summed E-state index contributed by atoms with van der Waals surface area (Å²) in [4.78, 5) is 44.6. The molecular formula is C23H24N2O6S. The molecule has 0 radical (unpaired) electrons. The highest BCUT2D eigenvalue weighted by Crippen LogP contribution is 2.40. The highest BCUT2D eigenvalue weighted by Gasteiger charge is 2.45. The SMILES string of the molecule is COC(=O)c1ccc(C2C(C(=O)c3sc(C)nc3C)=C(O)C(=O)N2CC2CCCO2)cc1. The number of aromatic nitrogens is 1. The van der Waals surface area contributed by atoms with Gasteiger partial charge >= 0.3 is 5.97 Å². The molecule has 2 aliphatic heterocycles. The molecule has 3 heterocycles. The molecule has 1 saturated heterocycles. The maximum Gasteiger partial charge on any atom is 0.337 e. The lowest BCUT2D eigenvalue weighted by atomic mass is 9.94. The van der Waals surface area contributed by atoms with Crippen molar-refractivity contribution >= 4 is 29.0 Å². The van der Waals surface area contributed by atoms with E-state index in [9.17, 15) is 19.5 Å². The Morgan fingerprint density at radius 2 is 2.00 bits per heavy atom. The van der Waals surface area contributed by atoms with E-state index in [0.29, 0.717) is 28.3 Å². The highest BCUT2D eigenvalue weighted by atomic mass is 32.1. The fourth-order valence-corrected chi connectivity index (χ4v) is 5.09. The largest absolute Gasteiger partial charge is 0.503 e. The van der Waals surface area contributed by atoms with Crippen LogP contribution in [0.15, 0.2) is 35.6 Å². The van der Waals surface area contributed by atoms with Gasteiger partial charge in [0.25, 0.3) is 5.91 Å². The number of esters is 1.